The monoisotopic (exact) mass is 363 g/mol. The van der Waals surface area contributed by atoms with Gasteiger partial charge in [0.05, 0.1) is 18.8 Å². The molecule has 0 aromatic rings. The van der Waals surface area contributed by atoms with Crippen LogP contribution in [0.15, 0.2) is 0 Å². The Morgan fingerprint density at radius 1 is 1.19 bits per heavy atom. The second-order valence-corrected chi connectivity index (χ2v) is 9.47. The van der Waals surface area contributed by atoms with Gasteiger partial charge in [-0.15, -0.1) is 0 Å². The van der Waals surface area contributed by atoms with Gasteiger partial charge in [0.25, 0.3) is 0 Å². The summed E-state index contributed by atoms with van der Waals surface area (Å²) >= 11 is 0. The maximum atomic E-state index is 12.3. The van der Waals surface area contributed by atoms with Crippen LogP contribution in [0.1, 0.15) is 64.7 Å². The second kappa shape index (κ2) is 8.15. The van der Waals surface area contributed by atoms with Crippen molar-refractivity contribution in [3.63, 3.8) is 0 Å². The maximum Gasteiger partial charge on any atom is 0.234 e. The largest absolute Gasteiger partial charge is 0.373 e. The number of ether oxygens (including phenoxy) is 1. The molecule has 0 aromatic heterocycles. The van der Waals surface area contributed by atoms with Crippen molar-refractivity contribution < 1.29 is 9.53 Å². The van der Waals surface area contributed by atoms with E-state index in [1.165, 1.54) is 38.5 Å². The van der Waals surface area contributed by atoms with Crippen molar-refractivity contribution in [1.29, 1.82) is 0 Å². The van der Waals surface area contributed by atoms with Crippen LogP contribution in [0.25, 0.3) is 0 Å². The Morgan fingerprint density at radius 3 is 2.62 bits per heavy atom. The molecule has 3 atom stereocenters. The van der Waals surface area contributed by atoms with Crippen molar-refractivity contribution >= 4 is 5.91 Å². The fourth-order valence-electron chi connectivity index (χ4n) is 5.18. The SMILES string of the molecule is C[C@@H]1C[C@H]1NC1COC2(CCN(CC(=O)NCC3CCCCC3)CC2)C1. The zero-order chi connectivity index (χ0) is 18.0. The summed E-state index contributed by atoms with van der Waals surface area (Å²) in [5, 5.41) is 6.94. The number of piperidine rings is 1. The lowest BCUT2D eigenvalue weighted by Crippen LogP contribution is -2.48. The molecule has 1 amide bonds. The van der Waals surface area contributed by atoms with Gasteiger partial charge in [-0.05, 0) is 50.4 Å². The van der Waals surface area contributed by atoms with E-state index in [0.29, 0.717) is 18.5 Å². The highest BCUT2D eigenvalue weighted by atomic mass is 16.5. The third-order valence-corrected chi connectivity index (χ3v) is 7.22. The first-order valence-corrected chi connectivity index (χ1v) is 11.0. The summed E-state index contributed by atoms with van der Waals surface area (Å²) in [7, 11) is 0. The summed E-state index contributed by atoms with van der Waals surface area (Å²) in [6.45, 7) is 6.61. The highest BCUT2D eigenvalue weighted by molar-refractivity contribution is 5.78. The second-order valence-electron chi connectivity index (χ2n) is 9.47. The van der Waals surface area contributed by atoms with E-state index in [9.17, 15) is 4.79 Å². The molecule has 2 aliphatic carbocycles. The van der Waals surface area contributed by atoms with Crippen LogP contribution in [-0.4, -0.2) is 61.3 Å². The Morgan fingerprint density at radius 2 is 1.92 bits per heavy atom. The van der Waals surface area contributed by atoms with Crippen molar-refractivity contribution in [1.82, 2.24) is 15.5 Å². The first-order valence-electron chi connectivity index (χ1n) is 11.0. The summed E-state index contributed by atoms with van der Waals surface area (Å²) in [5.41, 5.74) is 0.0743. The fourth-order valence-corrected chi connectivity index (χ4v) is 5.18. The molecule has 0 radical (unpaired) electrons. The van der Waals surface area contributed by atoms with Crippen LogP contribution in [0.4, 0.5) is 0 Å². The molecule has 4 aliphatic rings. The molecule has 4 rings (SSSR count). The smallest absolute Gasteiger partial charge is 0.234 e. The first-order chi connectivity index (χ1) is 12.6. The minimum absolute atomic E-state index is 0.0743. The molecular weight excluding hydrogens is 326 g/mol. The van der Waals surface area contributed by atoms with Gasteiger partial charge in [-0.1, -0.05) is 26.2 Å². The minimum Gasteiger partial charge on any atom is -0.373 e. The summed E-state index contributed by atoms with van der Waals surface area (Å²) in [5.74, 6) is 1.77. The number of likely N-dealkylation sites (tertiary alicyclic amines) is 1. The Labute approximate surface area is 158 Å². The van der Waals surface area contributed by atoms with Gasteiger partial charge in [0.1, 0.15) is 0 Å². The molecule has 26 heavy (non-hydrogen) atoms. The Bertz CT molecular complexity index is 484. The first kappa shape index (κ1) is 18.7. The number of hydrogen-bond donors (Lipinski definition) is 2. The molecule has 4 fully saturated rings. The standard InChI is InChI=1S/C21H37N3O2/c1-16-11-19(16)23-18-12-21(26-15-18)7-9-24(10-8-21)14-20(25)22-13-17-5-3-2-4-6-17/h16-19,23H,2-15H2,1H3,(H,22,25)/t16-,18?,19-/m1/s1. The van der Waals surface area contributed by atoms with Gasteiger partial charge in [0.15, 0.2) is 0 Å². The third kappa shape index (κ3) is 4.79. The van der Waals surface area contributed by atoms with Gasteiger partial charge in [-0.25, -0.2) is 0 Å². The van der Waals surface area contributed by atoms with Crippen molar-refractivity contribution in [2.75, 3.05) is 32.8 Å². The quantitative estimate of drug-likeness (QED) is 0.760. The van der Waals surface area contributed by atoms with Crippen LogP contribution in [0, 0.1) is 11.8 Å². The van der Waals surface area contributed by atoms with E-state index in [4.69, 9.17) is 4.74 Å². The summed E-state index contributed by atoms with van der Waals surface area (Å²) in [6, 6.07) is 1.27. The van der Waals surface area contributed by atoms with Crippen LogP contribution in [0.3, 0.4) is 0 Å². The zero-order valence-electron chi connectivity index (χ0n) is 16.5. The van der Waals surface area contributed by atoms with Crippen LogP contribution in [0.2, 0.25) is 0 Å². The van der Waals surface area contributed by atoms with E-state index >= 15 is 0 Å². The Balaban J connectivity index is 1.14. The van der Waals surface area contributed by atoms with Gasteiger partial charge in [0, 0.05) is 31.7 Å². The van der Waals surface area contributed by atoms with E-state index in [1.807, 2.05) is 0 Å². The lowest BCUT2D eigenvalue weighted by Gasteiger charge is -2.38. The van der Waals surface area contributed by atoms with Crippen molar-refractivity contribution in [3.05, 3.63) is 0 Å². The number of carbonyl (C=O) groups excluding carboxylic acids is 1. The predicted octanol–water partition coefficient (Wildman–Crippen LogP) is 2.30. The molecular formula is C21H37N3O2. The number of amides is 1. The highest BCUT2D eigenvalue weighted by Crippen LogP contribution is 2.38. The van der Waals surface area contributed by atoms with E-state index in [1.54, 1.807) is 0 Å². The zero-order valence-corrected chi connectivity index (χ0v) is 16.5. The molecule has 5 heteroatoms. The lowest BCUT2D eigenvalue weighted by molar-refractivity contribution is -0.124. The average Bonchev–Trinajstić information content (AvgIpc) is 3.20. The molecule has 5 nitrogen and oxygen atoms in total. The van der Waals surface area contributed by atoms with Crippen LogP contribution in [-0.2, 0) is 9.53 Å². The third-order valence-electron chi connectivity index (χ3n) is 7.22. The number of carbonyl (C=O) groups is 1. The number of rotatable bonds is 6. The number of nitrogens with one attached hydrogen (secondary N) is 2. The fraction of sp³-hybridized carbons (Fsp3) is 0.952. The molecule has 2 saturated heterocycles. The highest BCUT2D eigenvalue weighted by Gasteiger charge is 2.45. The minimum atomic E-state index is 0.0743. The van der Waals surface area contributed by atoms with Crippen molar-refractivity contribution in [3.8, 4) is 0 Å². The van der Waals surface area contributed by atoms with E-state index < -0.39 is 0 Å². The normalized spacial score (nSPS) is 34.9. The number of nitrogens with zero attached hydrogens (tertiary/aromatic N) is 1. The van der Waals surface area contributed by atoms with Gasteiger partial charge in [-0.2, -0.15) is 0 Å². The Hall–Kier alpha value is -0.650. The van der Waals surface area contributed by atoms with Crippen LogP contribution >= 0.6 is 0 Å². The van der Waals surface area contributed by atoms with E-state index in [2.05, 4.69) is 22.5 Å². The van der Waals surface area contributed by atoms with Crippen LogP contribution < -0.4 is 10.6 Å². The molecule has 2 saturated carbocycles. The molecule has 2 aliphatic heterocycles. The molecule has 1 unspecified atom stereocenters. The molecule has 0 aromatic carbocycles. The topological polar surface area (TPSA) is 53.6 Å². The maximum absolute atomic E-state index is 12.3. The predicted molar refractivity (Wildman–Crippen MR) is 103 cm³/mol. The van der Waals surface area contributed by atoms with Crippen LogP contribution in [0.5, 0.6) is 0 Å². The van der Waals surface area contributed by atoms with E-state index in [0.717, 1.165) is 57.5 Å². The molecule has 148 valence electrons. The van der Waals surface area contributed by atoms with Gasteiger partial charge in [0.2, 0.25) is 5.91 Å². The lowest BCUT2D eigenvalue weighted by atomic mass is 9.87. The van der Waals surface area contributed by atoms with Gasteiger partial charge in [-0.3, -0.25) is 9.69 Å². The van der Waals surface area contributed by atoms with Gasteiger partial charge < -0.3 is 15.4 Å². The van der Waals surface area contributed by atoms with Gasteiger partial charge >= 0.3 is 0 Å². The Kier molecular flexibility index (Phi) is 5.87. The summed E-state index contributed by atoms with van der Waals surface area (Å²) in [4.78, 5) is 14.6. The summed E-state index contributed by atoms with van der Waals surface area (Å²) in [6.07, 6.45) is 11.2. The molecule has 2 heterocycles. The molecule has 2 N–H and O–H groups in total. The molecule has 1 spiro atoms. The van der Waals surface area contributed by atoms with Crippen molar-refractivity contribution in [2.24, 2.45) is 11.8 Å². The average molecular weight is 364 g/mol. The van der Waals surface area contributed by atoms with Crippen molar-refractivity contribution in [2.45, 2.75) is 82.4 Å². The number of hydrogen-bond acceptors (Lipinski definition) is 4. The summed E-state index contributed by atoms with van der Waals surface area (Å²) < 4.78 is 6.25. The molecule has 0 bridgehead atoms. The van der Waals surface area contributed by atoms with E-state index in [-0.39, 0.29) is 11.5 Å².